The van der Waals surface area contributed by atoms with Gasteiger partial charge in [0.05, 0.1) is 12.0 Å². The lowest BCUT2D eigenvalue weighted by molar-refractivity contribution is -0.143. The normalized spacial score (nSPS) is 24.6. The van der Waals surface area contributed by atoms with Crippen LogP contribution in [-0.2, 0) is 9.53 Å². The second kappa shape index (κ2) is 4.73. The molecule has 0 aromatic heterocycles. The van der Waals surface area contributed by atoms with Crippen molar-refractivity contribution in [2.24, 2.45) is 5.92 Å². The molecule has 0 radical (unpaired) electrons. The fourth-order valence-corrected chi connectivity index (χ4v) is 2.53. The van der Waals surface area contributed by atoms with Crippen LogP contribution >= 0.6 is 27.5 Å². The van der Waals surface area contributed by atoms with Crippen LogP contribution in [0.3, 0.4) is 0 Å². The van der Waals surface area contributed by atoms with Crippen molar-refractivity contribution in [1.82, 2.24) is 0 Å². The number of carboxylic acid groups (broad SMARTS) is 1. The fourth-order valence-electron chi connectivity index (χ4n) is 1.88. The summed E-state index contributed by atoms with van der Waals surface area (Å²) >= 11 is 9.28. The molecule has 2 atom stereocenters. The Morgan fingerprint density at radius 2 is 2.31 bits per heavy atom. The SMILES string of the molecule is O=C(O)C1CCOC1c1cc(Cl)ccc1Br. The number of benzene rings is 1. The number of carbonyl (C=O) groups is 1. The van der Waals surface area contributed by atoms with Gasteiger partial charge in [0.15, 0.2) is 0 Å². The van der Waals surface area contributed by atoms with Gasteiger partial charge in [0.1, 0.15) is 0 Å². The minimum atomic E-state index is -0.825. The molecule has 1 heterocycles. The van der Waals surface area contributed by atoms with E-state index in [2.05, 4.69) is 15.9 Å². The third-order valence-electron chi connectivity index (χ3n) is 2.67. The number of aliphatic carboxylic acids is 1. The van der Waals surface area contributed by atoms with Gasteiger partial charge < -0.3 is 9.84 Å². The van der Waals surface area contributed by atoms with Gasteiger partial charge in [-0.3, -0.25) is 4.79 Å². The predicted octanol–water partition coefficient (Wildman–Crippen LogP) is 3.26. The molecular formula is C11H10BrClO3. The van der Waals surface area contributed by atoms with E-state index >= 15 is 0 Å². The Balaban J connectivity index is 2.35. The summed E-state index contributed by atoms with van der Waals surface area (Å²) in [5, 5.41) is 9.66. The van der Waals surface area contributed by atoms with Gasteiger partial charge >= 0.3 is 5.97 Å². The number of carboxylic acids is 1. The summed E-state index contributed by atoms with van der Waals surface area (Å²) in [5.74, 6) is -1.32. The molecule has 2 unspecified atom stereocenters. The third kappa shape index (κ3) is 2.24. The average Bonchev–Trinajstić information content (AvgIpc) is 2.70. The Labute approximate surface area is 106 Å². The van der Waals surface area contributed by atoms with Crippen LogP contribution in [0.2, 0.25) is 5.02 Å². The molecule has 1 aliphatic heterocycles. The van der Waals surface area contributed by atoms with Gasteiger partial charge in [-0.2, -0.15) is 0 Å². The smallest absolute Gasteiger partial charge is 0.309 e. The van der Waals surface area contributed by atoms with Crippen LogP contribution in [0.5, 0.6) is 0 Å². The molecule has 1 fully saturated rings. The molecule has 5 heteroatoms. The predicted molar refractivity (Wildman–Crippen MR) is 63.6 cm³/mol. The first-order valence-electron chi connectivity index (χ1n) is 4.89. The number of rotatable bonds is 2. The van der Waals surface area contributed by atoms with Gasteiger partial charge in [-0.25, -0.2) is 0 Å². The molecule has 0 amide bonds. The minimum Gasteiger partial charge on any atom is -0.481 e. The van der Waals surface area contributed by atoms with Gasteiger partial charge in [-0.15, -0.1) is 0 Å². The van der Waals surface area contributed by atoms with Crippen LogP contribution < -0.4 is 0 Å². The van der Waals surface area contributed by atoms with Crippen LogP contribution in [0, 0.1) is 5.92 Å². The molecule has 1 saturated heterocycles. The minimum absolute atomic E-state index is 0.412. The molecule has 86 valence electrons. The highest BCUT2D eigenvalue weighted by Gasteiger charge is 2.36. The first-order valence-corrected chi connectivity index (χ1v) is 6.06. The van der Waals surface area contributed by atoms with Crippen molar-refractivity contribution in [3.8, 4) is 0 Å². The summed E-state index contributed by atoms with van der Waals surface area (Å²) in [7, 11) is 0. The summed E-state index contributed by atoms with van der Waals surface area (Å²) in [6.45, 7) is 0.473. The van der Waals surface area contributed by atoms with E-state index in [0.29, 0.717) is 18.1 Å². The second-order valence-corrected chi connectivity index (χ2v) is 4.98. The van der Waals surface area contributed by atoms with Crippen LogP contribution in [-0.4, -0.2) is 17.7 Å². The fraction of sp³-hybridized carbons (Fsp3) is 0.364. The van der Waals surface area contributed by atoms with E-state index in [1.54, 1.807) is 18.2 Å². The van der Waals surface area contributed by atoms with Crippen molar-refractivity contribution >= 4 is 33.5 Å². The highest BCUT2D eigenvalue weighted by molar-refractivity contribution is 9.10. The average molecular weight is 306 g/mol. The van der Waals surface area contributed by atoms with Gasteiger partial charge in [0.25, 0.3) is 0 Å². The molecule has 0 aliphatic carbocycles. The number of hydrogen-bond donors (Lipinski definition) is 1. The van der Waals surface area contributed by atoms with Gasteiger partial charge in [-0.1, -0.05) is 27.5 Å². The molecule has 16 heavy (non-hydrogen) atoms. The lowest BCUT2D eigenvalue weighted by atomic mass is 9.95. The zero-order valence-electron chi connectivity index (χ0n) is 8.32. The molecule has 2 rings (SSSR count). The van der Waals surface area contributed by atoms with E-state index in [1.165, 1.54) is 0 Å². The van der Waals surface area contributed by atoms with Gasteiger partial charge in [-0.05, 0) is 30.2 Å². The Morgan fingerprint density at radius 3 is 3.00 bits per heavy atom. The number of halogens is 2. The lowest BCUT2D eigenvalue weighted by Crippen LogP contribution is -2.17. The maximum Gasteiger partial charge on any atom is 0.309 e. The topological polar surface area (TPSA) is 46.5 Å². The van der Waals surface area contributed by atoms with E-state index in [4.69, 9.17) is 21.4 Å². The quantitative estimate of drug-likeness (QED) is 0.912. The molecule has 0 saturated carbocycles. The largest absolute Gasteiger partial charge is 0.481 e. The van der Waals surface area contributed by atoms with E-state index in [9.17, 15) is 4.79 Å². The standard InChI is InChI=1S/C11H10BrClO3/c12-9-2-1-6(13)5-8(9)10-7(11(14)15)3-4-16-10/h1-2,5,7,10H,3-4H2,(H,14,15). The zero-order valence-corrected chi connectivity index (χ0v) is 10.7. The summed E-state index contributed by atoms with van der Waals surface area (Å²) in [6.07, 6.45) is 0.129. The Bertz CT molecular complexity index is 422. The van der Waals surface area contributed by atoms with Crippen molar-refractivity contribution in [1.29, 1.82) is 0 Å². The van der Waals surface area contributed by atoms with Crippen LogP contribution in [0.4, 0.5) is 0 Å². The zero-order chi connectivity index (χ0) is 11.7. The molecule has 1 aliphatic rings. The Morgan fingerprint density at radius 1 is 1.56 bits per heavy atom. The summed E-state index contributed by atoms with van der Waals surface area (Å²) in [5.41, 5.74) is 0.803. The van der Waals surface area contributed by atoms with E-state index in [1.807, 2.05) is 0 Å². The maximum atomic E-state index is 11.1. The highest BCUT2D eigenvalue weighted by atomic mass is 79.9. The maximum absolute atomic E-state index is 11.1. The van der Waals surface area contributed by atoms with E-state index < -0.39 is 18.0 Å². The summed E-state index contributed by atoms with van der Waals surface area (Å²) in [4.78, 5) is 11.1. The van der Waals surface area contributed by atoms with Crippen molar-refractivity contribution in [3.63, 3.8) is 0 Å². The van der Waals surface area contributed by atoms with Crippen LogP contribution in [0.25, 0.3) is 0 Å². The van der Waals surface area contributed by atoms with Crippen molar-refractivity contribution in [3.05, 3.63) is 33.3 Å². The van der Waals surface area contributed by atoms with Crippen LogP contribution in [0.1, 0.15) is 18.1 Å². The molecule has 0 spiro atoms. The first kappa shape index (κ1) is 11.9. The van der Waals surface area contributed by atoms with E-state index in [0.717, 1.165) is 10.0 Å². The molecular weight excluding hydrogens is 295 g/mol. The first-order chi connectivity index (χ1) is 7.59. The van der Waals surface area contributed by atoms with Crippen molar-refractivity contribution in [2.75, 3.05) is 6.61 Å². The molecule has 3 nitrogen and oxygen atoms in total. The highest BCUT2D eigenvalue weighted by Crippen LogP contribution is 2.39. The second-order valence-electron chi connectivity index (χ2n) is 3.69. The summed E-state index contributed by atoms with van der Waals surface area (Å²) < 4.78 is 6.31. The summed E-state index contributed by atoms with van der Waals surface area (Å²) in [6, 6.07) is 5.30. The van der Waals surface area contributed by atoms with Gasteiger partial charge in [0.2, 0.25) is 0 Å². The molecule has 1 aromatic carbocycles. The van der Waals surface area contributed by atoms with Gasteiger partial charge in [0, 0.05) is 16.1 Å². The van der Waals surface area contributed by atoms with Crippen molar-refractivity contribution in [2.45, 2.75) is 12.5 Å². The third-order valence-corrected chi connectivity index (χ3v) is 3.63. The Kier molecular flexibility index (Phi) is 3.52. The number of hydrogen-bond acceptors (Lipinski definition) is 2. The molecule has 1 aromatic rings. The van der Waals surface area contributed by atoms with E-state index in [-0.39, 0.29) is 0 Å². The number of ether oxygens (including phenoxy) is 1. The Hall–Kier alpha value is -0.580. The lowest BCUT2D eigenvalue weighted by Gasteiger charge is -2.17. The molecule has 0 bridgehead atoms. The van der Waals surface area contributed by atoms with Crippen molar-refractivity contribution < 1.29 is 14.6 Å². The van der Waals surface area contributed by atoms with Crippen LogP contribution in [0.15, 0.2) is 22.7 Å². The molecule has 1 N–H and O–H groups in total. The monoisotopic (exact) mass is 304 g/mol.